The monoisotopic (exact) mass is 309 g/mol. The highest BCUT2D eigenvalue weighted by molar-refractivity contribution is 6.68. The van der Waals surface area contributed by atoms with E-state index in [1.54, 1.807) is 6.07 Å². The Bertz CT molecular complexity index is 686. The second kappa shape index (κ2) is 6.03. The van der Waals surface area contributed by atoms with Gasteiger partial charge >= 0.3 is 0 Å². The van der Waals surface area contributed by atoms with E-state index in [9.17, 15) is 9.59 Å². The minimum Gasteiger partial charge on any atom is -0.496 e. The van der Waals surface area contributed by atoms with Crippen LogP contribution in [0.15, 0.2) is 36.7 Å². The predicted octanol–water partition coefficient (Wildman–Crippen LogP) is 3.35. The summed E-state index contributed by atoms with van der Waals surface area (Å²) in [6.07, 6.45) is 2.67. The molecule has 0 radical (unpaired) electrons. The molecule has 0 bridgehead atoms. The molecule has 0 saturated heterocycles. The molecule has 0 aliphatic rings. The number of halogens is 2. The van der Waals surface area contributed by atoms with E-state index in [-0.39, 0.29) is 16.9 Å². The lowest BCUT2D eigenvalue weighted by Crippen LogP contribution is -2.09. The first-order chi connectivity index (χ1) is 9.54. The minimum absolute atomic E-state index is 0.0520. The number of nitrogens with zero attached hydrogens (tertiary/aromatic N) is 1. The molecule has 2 rings (SSSR count). The van der Waals surface area contributed by atoms with Crippen LogP contribution >= 0.6 is 23.2 Å². The maximum Gasteiger partial charge on any atom is 0.254 e. The lowest BCUT2D eigenvalue weighted by Gasteiger charge is -2.09. The van der Waals surface area contributed by atoms with Crippen molar-refractivity contribution in [3.05, 3.63) is 58.4 Å². The van der Waals surface area contributed by atoms with Crippen LogP contribution in [0.4, 0.5) is 0 Å². The number of pyridine rings is 1. The van der Waals surface area contributed by atoms with Crippen LogP contribution in [0.1, 0.15) is 26.3 Å². The molecular formula is C14H9Cl2NO3. The van der Waals surface area contributed by atoms with Crippen molar-refractivity contribution in [2.45, 2.75) is 0 Å². The minimum atomic E-state index is -0.741. The molecule has 1 heterocycles. The number of ketones is 1. The highest BCUT2D eigenvalue weighted by Gasteiger charge is 2.20. The van der Waals surface area contributed by atoms with Gasteiger partial charge in [0.1, 0.15) is 5.75 Å². The van der Waals surface area contributed by atoms with Crippen molar-refractivity contribution < 1.29 is 14.3 Å². The Balaban J connectivity index is 2.55. The molecule has 0 N–H and O–H groups in total. The Morgan fingerprint density at radius 3 is 2.55 bits per heavy atom. The molecule has 0 spiro atoms. The Labute approximate surface area is 125 Å². The standard InChI is InChI=1S/C14H9Cl2NO3/c1-20-12-6-8(15)2-3-10(12)13(18)9-4-5-17-7-11(9)14(16)19/h2-7H,1H3. The molecule has 0 amide bonds. The van der Waals surface area contributed by atoms with Gasteiger partial charge in [0, 0.05) is 23.0 Å². The van der Waals surface area contributed by atoms with Crippen LogP contribution in [0, 0.1) is 0 Å². The number of carbonyl (C=O) groups excluding carboxylic acids is 2. The van der Waals surface area contributed by atoms with Gasteiger partial charge in [-0.25, -0.2) is 0 Å². The second-order valence-electron chi connectivity index (χ2n) is 3.87. The largest absolute Gasteiger partial charge is 0.496 e. The van der Waals surface area contributed by atoms with Crippen LogP contribution in [0.5, 0.6) is 5.75 Å². The summed E-state index contributed by atoms with van der Waals surface area (Å²) in [5.74, 6) is -0.0581. The van der Waals surface area contributed by atoms with Crippen LogP contribution in [0.25, 0.3) is 0 Å². The van der Waals surface area contributed by atoms with Crippen LogP contribution in [-0.2, 0) is 0 Å². The molecule has 0 atom stereocenters. The number of carbonyl (C=O) groups is 2. The fraction of sp³-hybridized carbons (Fsp3) is 0.0714. The third-order valence-electron chi connectivity index (χ3n) is 2.69. The Hall–Kier alpha value is -1.91. The molecule has 4 nitrogen and oxygen atoms in total. The summed E-state index contributed by atoms with van der Waals surface area (Å²) in [5.41, 5.74) is 0.513. The van der Waals surface area contributed by atoms with Gasteiger partial charge in [-0.3, -0.25) is 14.6 Å². The van der Waals surface area contributed by atoms with Crippen molar-refractivity contribution in [3.63, 3.8) is 0 Å². The number of hydrogen-bond acceptors (Lipinski definition) is 4. The van der Waals surface area contributed by atoms with Crippen LogP contribution in [-0.4, -0.2) is 23.1 Å². The highest BCUT2D eigenvalue weighted by Crippen LogP contribution is 2.26. The molecule has 0 unspecified atom stereocenters. The molecule has 1 aromatic carbocycles. The first-order valence-electron chi connectivity index (χ1n) is 5.56. The van der Waals surface area contributed by atoms with E-state index in [0.717, 1.165) is 0 Å². The van der Waals surface area contributed by atoms with E-state index < -0.39 is 5.24 Å². The van der Waals surface area contributed by atoms with Crippen molar-refractivity contribution in [1.82, 2.24) is 4.98 Å². The Morgan fingerprint density at radius 2 is 1.90 bits per heavy atom. The van der Waals surface area contributed by atoms with E-state index in [1.165, 1.54) is 37.7 Å². The summed E-state index contributed by atoms with van der Waals surface area (Å²) in [6.45, 7) is 0. The number of benzene rings is 1. The van der Waals surface area contributed by atoms with E-state index >= 15 is 0 Å². The average molecular weight is 310 g/mol. The van der Waals surface area contributed by atoms with Crippen molar-refractivity contribution in [2.24, 2.45) is 0 Å². The predicted molar refractivity (Wildman–Crippen MR) is 75.9 cm³/mol. The third-order valence-corrected chi connectivity index (χ3v) is 3.12. The quantitative estimate of drug-likeness (QED) is 0.642. The van der Waals surface area contributed by atoms with Crippen LogP contribution in [0.2, 0.25) is 5.02 Å². The fourth-order valence-corrected chi connectivity index (χ4v) is 2.06. The molecule has 0 fully saturated rings. The SMILES string of the molecule is COc1cc(Cl)ccc1C(=O)c1ccncc1C(=O)Cl. The summed E-state index contributed by atoms with van der Waals surface area (Å²) in [4.78, 5) is 27.6. The summed E-state index contributed by atoms with van der Waals surface area (Å²) in [6, 6.07) is 6.07. The highest BCUT2D eigenvalue weighted by atomic mass is 35.5. The summed E-state index contributed by atoms with van der Waals surface area (Å²) in [7, 11) is 1.43. The number of hydrogen-bond donors (Lipinski definition) is 0. The van der Waals surface area contributed by atoms with Gasteiger partial charge in [0.25, 0.3) is 5.24 Å². The number of rotatable bonds is 4. The maximum atomic E-state index is 12.5. The second-order valence-corrected chi connectivity index (χ2v) is 4.65. The first-order valence-corrected chi connectivity index (χ1v) is 6.32. The van der Waals surface area contributed by atoms with Gasteiger partial charge in [-0.05, 0) is 35.9 Å². The topological polar surface area (TPSA) is 56.3 Å². The zero-order chi connectivity index (χ0) is 14.7. The summed E-state index contributed by atoms with van der Waals surface area (Å²) in [5, 5.41) is -0.295. The van der Waals surface area contributed by atoms with Gasteiger partial charge in [0.05, 0.1) is 18.2 Å². The summed E-state index contributed by atoms with van der Waals surface area (Å²) >= 11 is 11.3. The van der Waals surface area contributed by atoms with E-state index in [1.807, 2.05) is 0 Å². The van der Waals surface area contributed by atoms with Crippen LogP contribution in [0.3, 0.4) is 0 Å². The molecule has 102 valence electrons. The smallest absolute Gasteiger partial charge is 0.254 e. The number of aromatic nitrogens is 1. The van der Waals surface area contributed by atoms with Crippen molar-refractivity contribution in [2.75, 3.05) is 7.11 Å². The van der Waals surface area contributed by atoms with Gasteiger partial charge in [0.15, 0.2) is 5.78 Å². The molecule has 0 saturated carbocycles. The van der Waals surface area contributed by atoms with E-state index in [2.05, 4.69) is 4.98 Å². The van der Waals surface area contributed by atoms with E-state index in [0.29, 0.717) is 16.3 Å². The van der Waals surface area contributed by atoms with Gasteiger partial charge in [-0.15, -0.1) is 0 Å². The normalized spacial score (nSPS) is 10.2. The van der Waals surface area contributed by atoms with Crippen molar-refractivity contribution in [1.29, 1.82) is 0 Å². The zero-order valence-electron chi connectivity index (χ0n) is 10.4. The van der Waals surface area contributed by atoms with Crippen molar-refractivity contribution >= 4 is 34.2 Å². The number of methoxy groups -OCH3 is 1. The maximum absolute atomic E-state index is 12.5. The average Bonchev–Trinajstić information content (AvgIpc) is 2.46. The Morgan fingerprint density at radius 1 is 1.15 bits per heavy atom. The number of ether oxygens (including phenoxy) is 1. The fourth-order valence-electron chi connectivity index (χ4n) is 1.75. The lowest BCUT2D eigenvalue weighted by molar-refractivity contribution is 0.102. The summed E-state index contributed by atoms with van der Waals surface area (Å²) < 4.78 is 5.13. The lowest BCUT2D eigenvalue weighted by atomic mass is 10.00. The van der Waals surface area contributed by atoms with Gasteiger partial charge in [-0.2, -0.15) is 0 Å². The molecule has 1 aromatic heterocycles. The molecule has 20 heavy (non-hydrogen) atoms. The van der Waals surface area contributed by atoms with E-state index in [4.69, 9.17) is 27.9 Å². The van der Waals surface area contributed by atoms with Crippen LogP contribution < -0.4 is 4.74 Å². The molecule has 2 aromatic rings. The Kier molecular flexibility index (Phi) is 4.37. The van der Waals surface area contributed by atoms with Crippen molar-refractivity contribution in [3.8, 4) is 5.75 Å². The molecule has 0 aliphatic carbocycles. The molecule has 0 aliphatic heterocycles. The first kappa shape index (κ1) is 14.5. The van der Waals surface area contributed by atoms with Gasteiger partial charge in [-0.1, -0.05) is 11.6 Å². The van der Waals surface area contributed by atoms with Gasteiger partial charge < -0.3 is 4.74 Å². The molecule has 6 heteroatoms. The third kappa shape index (κ3) is 2.81. The molecular weight excluding hydrogens is 301 g/mol. The zero-order valence-corrected chi connectivity index (χ0v) is 11.9. The van der Waals surface area contributed by atoms with Gasteiger partial charge in [0.2, 0.25) is 0 Å².